The number of nitriles is 1. The van der Waals surface area contributed by atoms with Crippen LogP contribution in [-0.4, -0.2) is 46.2 Å². The van der Waals surface area contributed by atoms with Gasteiger partial charge in [-0.3, -0.25) is 24.2 Å². The van der Waals surface area contributed by atoms with E-state index in [0.29, 0.717) is 16.7 Å². The van der Waals surface area contributed by atoms with Crippen molar-refractivity contribution in [1.29, 1.82) is 5.26 Å². The summed E-state index contributed by atoms with van der Waals surface area (Å²) in [6.45, 7) is 4.76. The van der Waals surface area contributed by atoms with Crippen LogP contribution in [0.4, 0.5) is 5.69 Å². The molecule has 0 radical (unpaired) electrons. The minimum Gasteiger partial charge on any atom is -0.298 e. The Balaban J connectivity index is 1.59. The molecule has 2 aromatic rings. The van der Waals surface area contributed by atoms with Crippen LogP contribution in [0.15, 0.2) is 53.5 Å². The van der Waals surface area contributed by atoms with E-state index < -0.39 is 18.7 Å². The molecule has 4 rings (SSSR count). The summed E-state index contributed by atoms with van der Waals surface area (Å²) in [5.41, 5.74) is 1.83. The molecule has 2 heterocycles. The van der Waals surface area contributed by atoms with Gasteiger partial charge in [-0.1, -0.05) is 30.3 Å². The number of nitro benzene ring substituents is 1. The quantitative estimate of drug-likeness (QED) is 0.191. The fraction of sp³-hybridized carbons (Fsp3) is 0.333. The highest BCUT2D eigenvalue weighted by atomic mass is 31.2. The first-order valence-corrected chi connectivity index (χ1v) is 11.5. The van der Waals surface area contributed by atoms with Gasteiger partial charge in [-0.25, -0.2) is 9.34 Å². The largest absolute Gasteiger partial charge is 0.346 e. The number of benzene rings is 2. The zero-order chi connectivity index (χ0) is 22.0. The highest BCUT2D eigenvalue weighted by Crippen LogP contribution is 2.63. The molecular formula is C21H22N5O4P. The molecule has 0 saturated carbocycles. The van der Waals surface area contributed by atoms with Gasteiger partial charge in [0.05, 0.1) is 23.1 Å². The first-order chi connectivity index (χ1) is 14.9. The van der Waals surface area contributed by atoms with Gasteiger partial charge in [0, 0.05) is 37.8 Å². The lowest BCUT2D eigenvalue weighted by Gasteiger charge is -2.24. The summed E-state index contributed by atoms with van der Waals surface area (Å²) >= 11 is 0. The Morgan fingerprint density at radius 1 is 1.23 bits per heavy atom. The van der Waals surface area contributed by atoms with Gasteiger partial charge in [-0.05, 0) is 24.6 Å². The highest BCUT2D eigenvalue weighted by Gasteiger charge is 2.50. The maximum absolute atomic E-state index is 13.3. The molecule has 10 heteroatoms. The lowest BCUT2D eigenvalue weighted by molar-refractivity contribution is -0.385. The zero-order valence-corrected chi connectivity index (χ0v) is 17.9. The molecule has 0 amide bonds. The van der Waals surface area contributed by atoms with E-state index >= 15 is 0 Å². The first kappa shape index (κ1) is 21.3. The number of nitro groups is 1. The molecule has 9 nitrogen and oxygen atoms in total. The van der Waals surface area contributed by atoms with Gasteiger partial charge in [-0.15, -0.1) is 0 Å². The standard InChI is InChI=1S/C21H22N5O4P/c1-16(30-31(29,24-9-10-24)25-11-12-25)18-7-8-21(26(27)28)19(13-18)15-23-20(14-22)17-5-3-2-4-6-17/h2-8,13,16H,9-12,15H2,1H3/b23-20+. The summed E-state index contributed by atoms with van der Waals surface area (Å²) in [6.07, 6.45) is -0.514. The predicted molar refractivity (Wildman–Crippen MR) is 116 cm³/mol. The molecule has 1 unspecified atom stereocenters. The van der Waals surface area contributed by atoms with E-state index in [1.807, 2.05) is 15.4 Å². The summed E-state index contributed by atoms with van der Waals surface area (Å²) in [7, 11) is -3.02. The van der Waals surface area contributed by atoms with Crippen LogP contribution in [0.2, 0.25) is 0 Å². The lowest BCUT2D eigenvalue weighted by Crippen LogP contribution is -2.11. The van der Waals surface area contributed by atoms with Crippen molar-refractivity contribution in [2.24, 2.45) is 4.99 Å². The fourth-order valence-electron chi connectivity index (χ4n) is 3.29. The maximum atomic E-state index is 13.3. The third-order valence-corrected chi connectivity index (χ3v) is 8.01. The maximum Gasteiger partial charge on any atom is 0.346 e. The summed E-state index contributed by atoms with van der Waals surface area (Å²) < 4.78 is 22.9. The Bertz CT molecular complexity index is 1090. The van der Waals surface area contributed by atoms with E-state index in [0.717, 1.165) is 26.2 Å². The van der Waals surface area contributed by atoms with E-state index in [9.17, 15) is 19.9 Å². The molecule has 31 heavy (non-hydrogen) atoms. The van der Waals surface area contributed by atoms with Crippen LogP contribution >= 0.6 is 7.67 Å². The lowest BCUT2D eigenvalue weighted by atomic mass is 10.0. The number of hydrogen-bond donors (Lipinski definition) is 0. The molecular weight excluding hydrogens is 417 g/mol. The van der Waals surface area contributed by atoms with E-state index in [1.165, 1.54) is 6.07 Å². The molecule has 0 N–H and O–H groups in total. The van der Waals surface area contributed by atoms with E-state index in [1.54, 1.807) is 43.3 Å². The summed E-state index contributed by atoms with van der Waals surface area (Å²) in [5, 5.41) is 21.0. The van der Waals surface area contributed by atoms with Gasteiger partial charge in [-0.2, -0.15) is 5.26 Å². The molecule has 2 fully saturated rings. The second-order valence-electron chi connectivity index (χ2n) is 7.43. The summed E-state index contributed by atoms with van der Waals surface area (Å²) in [6, 6.07) is 15.7. The number of hydrogen-bond acceptors (Lipinski definition) is 6. The average molecular weight is 439 g/mol. The topological polar surface area (TPSA) is 112 Å². The number of rotatable bonds is 9. The summed E-state index contributed by atoms with van der Waals surface area (Å²) in [4.78, 5) is 15.4. The third kappa shape index (κ3) is 4.73. The van der Waals surface area contributed by atoms with Crippen molar-refractivity contribution in [2.75, 3.05) is 26.2 Å². The molecule has 1 atom stereocenters. The second-order valence-corrected chi connectivity index (χ2v) is 9.76. The monoisotopic (exact) mass is 439 g/mol. The van der Waals surface area contributed by atoms with Gasteiger partial charge < -0.3 is 0 Å². The van der Waals surface area contributed by atoms with Gasteiger partial charge in [0.25, 0.3) is 5.69 Å². The molecule has 2 saturated heterocycles. The zero-order valence-electron chi connectivity index (χ0n) is 17.0. The molecule has 0 aliphatic carbocycles. The van der Waals surface area contributed by atoms with Crippen molar-refractivity contribution in [3.05, 3.63) is 75.3 Å². The Hall–Kier alpha value is -2.89. The van der Waals surface area contributed by atoms with Gasteiger partial charge >= 0.3 is 7.67 Å². The molecule has 0 bridgehead atoms. The van der Waals surface area contributed by atoms with Gasteiger partial charge in [0.15, 0.2) is 0 Å². The Kier molecular flexibility index (Phi) is 5.99. The second kappa shape index (κ2) is 8.69. The summed E-state index contributed by atoms with van der Waals surface area (Å²) in [5.74, 6) is 0. The van der Waals surface area contributed by atoms with Crippen LogP contribution in [0.5, 0.6) is 0 Å². The number of aliphatic imine (C=N–C) groups is 1. The first-order valence-electron chi connectivity index (χ1n) is 9.99. The van der Waals surface area contributed by atoms with Crippen molar-refractivity contribution in [3.8, 4) is 6.07 Å². The van der Waals surface area contributed by atoms with Gasteiger partial charge in [0.2, 0.25) is 0 Å². The minimum absolute atomic E-state index is 0.0232. The SMILES string of the molecule is CC(OP(=O)(N1CC1)N1CC1)c1ccc([N+](=O)[O-])c(C/N=C(\C#N)c2ccccc2)c1. The van der Waals surface area contributed by atoms with E-state index in [2.05, 4.69) is 11.1 Å². The van der Waals surface area contributed by atoms with Crippen molar-refractivity contribution >= 4 is 19.1 Å². The average Bonchev–Trinajstić information content (AvgIpc) is 3.66. The smallest absolute Gasteiger partial charge is 0.298 e. The van der Waals surface area contributed by atoms with Crippen molar-refractivity contribution in [1.82, 2.24) is 9.34 Å². The van der Waals surface area contributed by atoms with Crippen LogP contribution in [0.3, 0.4) is 0 Å². The molecule has 160 valence electrons. The molecule has 0 spiro atoms. The van der Waals surface area contributed by atoms with E-state index in [-0.39, 0.29) is 17.9 Å². The minimum atomic E-state index is -3.02. The van der Waals surface area contributed by atoms with Crippen molar-refractivity contribution in [3.63, 3.8) is 0 Å². The third-order valence-electron chi connectivity index (χ3n) is 5.19. The van der Waals surface area contributed by atoms with Crippen LogP contribution in [0.1, 0.15) is 29.7 Å². The highest BCUT2D eigenvalue weighted by molar-refractivity contribution is 7.54. The Morgan fingerprint density at radius 3 is 2.42 bits per heavy atom. The van der Waals surface area contributed by atoms with Gasteiger partial charge in [0.1, 0.15) is 11.8 Å². The fourth-order valence-corrected chi connectivity index (χ4v) is 5.64. The Morgan fingerprint density at radius 2 is 1.87 bits per heavy atom. The van der Waals surface area contributed by atoms with Crippen molar-refractivity contribution in [2.45, 2.75) is 19.6 Å². The normalized spacial score (nSPS) is 17.7. The van der Waals surface area contributed by atoms with Crippen LogP contribution in [0, 0.1) is 21.4 Å². The van der Waals surface area contributed by atoms with Crippen molar-refractivity contribution < 1.29 is 14.0 Å². The molecule has 2 aromatic carbocycles. The van der Waals surface area contributed by atoms with Crippen LogP contribution in [0.25, 0.3) is 0 Å². The molecule has 0 aromatic heterocycles. The number of nitrogens with zero attached hydrogens (tertiary/aromatic N) is 5. The van der Waals surface area contributed by atoms with E-state index in [4.69, 9.17) is 4.52 Å². The van der Waals surface area contributed by atoms with Crippen LogP contribution < -0.4 is 0 Å². The molecule has 2 aliphatic heterocycles. The van der Waals surface area contributed by atoms with Crippen LogP contribution in [-0.2, 0) is 15.6 Å². The Labute approximate surface area is 180 Å². The molecule has 2 aliphatic rings. The predicted octanol–water partition coefficient (Wildman–Crippen LogP) is 3.92.